The molecule has 0 saturated carbocycles. The van der Waals surface area contributed by atoms with Crippen LogP contribution in [0.2, 0.25) is 0 Å². The Hall–Kier alpha value is -2.08. The van der Waals surface area contributed by atoms with Crippen LogP contribution in [0.4, 0.5) is 11.5 Å². The van der Waals surface area contributed by atoms with E-state index in [1.165, 1.54) is 6.07 Å². The highest BCUT2D eigenvalue weighted by Gasteiger charge is 2.19. The van der Waals surface area contributed by atoms with E-state index in [0.29, 0.717) is 18.1 Å². The Morgan fingerprint density at radius 2 is 1.90 bits per heavy atom. The van der Waals surface area contributed by atoms with Crippen molar-refractivity contribution in [1.29, 1.82) is 0 Å². The Labute approximate surface area is 119 Å². The lowest BCUT2D eigenvalue weighted by molar-refractivity contribution is 0.601. The summed E-state index contributed by atoms with van der Waals surface area (Å²) in [5.41, 5.74) is 1.43. The molecule has 2 aromatic rings. The van der Waals surface area contributed by atoms with E-state index in [2.05, 4.69) is 15.0 Å². The van der Waals surface area contributed by atoms with Gasteiger partial charge in [0.15, 0.2) is 0 Å². The zero-order chi connectivity index (χ0) is 14.6. The summed E-state index contributed by atoms with van der Waals surface area (Å²) in [6.45, 7) is 4.34. The molecule has 0 atom stereocenters. The molecule has 0 bridgehead atoms. The molecule has 0 radical (unpaired) electrons. The summed E-state index contributed by atoms with van der Waals surface area (Å²) in [4.78, 5) is 4.21. The van der Waals surface area contributed by atoms with Gasteiger partial charge in [0.2, 0.25) is 0 Å². The van der Waals surface area contributed by atoms with Gasteiger partial charge < -0.3 is 5.32 Å². The maximum Gasteiger partial charge on any atom is 0.265 e. The first-order valence-corrected chi connectivity index (χ1v) is 7.80. The molecule has 0 unspecified atom stereocenters. The highest BCUT2D eigenvalue weighted by molar-refractivity contribution is 7.92. The summed E-state index contributed by atoms with van der Waals surface area (Å²) in [6, 6.07) is 10.4. The molecule has 0 saturated heterocycles. The highest BCUT2D eigenvalue weighted by Crippen LogP contribution is 2.23. The molecule has 2 rings (SSSR count). The summed E-state index contributed by atoms with van der Waals surface area (Å²) in [5, 5.41) is 2.95. The number of nitrogens with zero attached hydrogens (tertiary/aromatic N) is 1. The predicted octanol–water partition coefficient (Wildman–Crippen LogP) is 2.62. The molecule has 0 aliphatic rings. The quantitative estimate of drug-likeness (QED) is 0.888. The molecule has 1 aromatic carbocycles. The molecule has 0 aliphatic carbocycles. The van der Waals surface area contributed by atoms with Crippen LogP contribution < -0.4 is 10.0 Å². The molecule has 1 heterocycles. The Kier molecular flexibility index (Phi) is 4.24. The number of aryl methyl sites for hydroxylation is 1. The van der Waals surface area contributed by atoms with E-state index < -0.39 is 10.0 Å². The zero-order valence-corrected chi connectivity index (χ0v) is 12.2. The molecule has 0 aliphatic heterocycles. The van der Waals surface area contributed by atoms with Gasteiger partial charge in [-0.15, -0.1) is 0 Å². The number of hydrogen-bond donors (Lipinski definition) is 2. The van der Waals surface area contributed by atoms with Gasteiger partial charge in [-0.3, -0.25) is 4.72 Å². The van der Waals surface area contributed by atoms with Crippen molar-refractivity contribution in [3.8, 4) is 0 Å². The summed E-state index contributed by atoms with van der Waals surface area (Å²) in [5.74, 6) is 0.357. The van der Waals surface area contributed by atoms with Gasteiger partial charge in [0.1, 0.15) is 10.7 Å². The monoisotopic (exact) mass is 291 g/mol. The minimum atomic E-state index is -3.66. The molecule has 1 aromatic heterocycles. The molecule has 2 N–H and O–H groups in total. The number of para-hydroxylation sites is 1. The van der Waals surface area contributed by atoms with Crippen LogP contribution in [0.5, 0.6) is 0 Å². The van der Waals surface area contributed by atoms with E-state index in [0.717, 1.165) is 5.56 Å². The second-order valence-electron chi connectivity index (χ2n) is 4.30. The predicted molar refractivity (Wildman–Crippen MR) is 80.4 cm³/mol. The van der Waals surface area contributed by atoms with Gasteiger partial charge in [0, 0.05) is 12.7 Å². The van der Waals surface area contributed by atoms with E-state index in [1.54, 1.807) is 24.4 Å². The van der Waals surface area contributed by atoms with Crippen LogP contribution in [-0.4, -0.2) is 19.9 Å². The minimum Gasteiger partial charge on any atom is -0.369 e. The van der Waals surface area contributed by atoms with Gasteiger partial charge in [-0.2, -0.15) is 0 Å². The summed E-state index contributed by atoms with van der Waals surface area (Å²) in [7, 11) is -3.66. The first-order chi connectivity index (χ1) is 9.54. The van der Waals surface area contributed by atoms with Crippen molar-refractivity contribution in [3.63, 3.8) is 0 Å². The van der Waals surface area contributed by atoms with E-state index in [4.69, 9.17) is 0 Å². The number of aromatic nitrogens is 1. The molecule has 5 nitrogen and oxygen atoms in total. The second kappa shape index (κ2) is 5.92. The van der Waals surface area contributed by atoms with Gasteiger partial charge in [-0.1, -0.05) is 18.2 Å². The van der Waals surface area contributed by atoms with Gasteiger partial charge in [0.25, 0.3) is 10.0 Å². The maximum absolute atomic E-state index is 12.5. The second-order valence-corrected chi connectivity index (χ2v) is 5.95. The lowest BCUT2D eigenvalue weighted by Crippen LogP contribution is -2.16. The van der Waals surface area contributed by atoms with Crippen molar-refractivity contribution in [2.24, 2.45) is 0 Å². The first-order valence-electron chi connectivity index (χ1n) is 6.32. The molecule has 20 heavy (non-hydrogen) atoms. The molecule has 6 heteroatoms. The third-order valence-electron chi connectivity index (χ3n) is 2.79. The lowest BCUT2D eigenvalue weighted by Gasteiger charge is -2.13. The average Bonchev–Trinajstić information content (AvgIpc) is 2.42. The van der Waals surface area contributed by atoms with Crippen LogP contribution in [0.15, 0.2) is 47.5 Å². The molecule has 0 spiro atoms. The summed E-state index contributed by atoms with van der Waals surface area (Å²) >= 11 is 0. The smallest absolute Gasteiger partial charge is 0.265 e. The molecule has 0 amide bonds. The molecular formula is C14H17N3O2S. The van der Waals surface area contributed by atoms with Crippen LogP contribution >= 0.6 is 0 Å². The van der Waals surface area contributed by atoms with Gasteiger partial charge in [0.05, 0.1) is 5.69 Å². The van der Waals surface area contributed by atoms with Crippen molar-refractivity contribution >= 4 is 21.5 Å². The molecular weight excluding hydrogens is 274 g/mol. The third kappa shape index (κ3) is 3.08. The average molecular weight is 291 g/mol. The SMILES string of the molecule is CCNc1ncccc1S(=O)(=O)Nc1ccccc1C. The Morgan fingerprint density at radius 3 is 2.60 bits per heavy atom. The van der Waals surface area contributed by atoms with E-state index in [1.807, 2.05) is 26.0 Å². The molecule has 106 valence electrons. The molecule has 0 fully saturated rings. The van der Waals surface area contributed by atoms with Crippen molar-refractivity contribution in [2.75, 3.05) is 16.6 Å². The normalized spacial score (nSPS) is 11.1. The fraction of sp³-hybridized carbons (Fsp3) is 0.214. The number of rotatable bonds is 5. The van der Waals surface area contributed by atoms with Crippen LogP contribution in [0.25, 0.3) is 0 Å². The number of nitrogens with one attached hydrogen (secondary N) is 2. The lowest BCUT2D eigenvalue weighted by atomic mass is 10.2. The largest absolute Gasteiger partial charge is 0.369 e. The van der Waals surface area contributed by atoms with Gasteiger partial charge >= 0.3 is 0 Å². The topological polar surface area (TPSA) is 71.1 Å². The van der Waals surface area contributed by atoms with Gasteiger partial charge in [-0.25, -0.2) is 13.4 Å². The van der Waals surface area contributed by atoms with Crippen LogP contribution in [0, 0.1) is 6.92 Å². The van der Waals surface area contributed by atoms with Crippen molar-refractivity contribution in [1.82, 2.24) is 4.98 Å². The van der Waals surface area contributed by atoms with Crippen molar-refractivity contribution in [3.05, 3.63) is 48.2 Å². The Bertz CT molecular complexity index is 699. The Morgan fingerprint density at radius 1 is 1.15 bits per heavy atom. The van der Waals surface area contributed by atoms with E-state index >= 15 is 0 Å². The minimum absolute atomic E-state index is 0.144. The fourth-order valence-electron chi connectivity index (χ4n) is 1.79. The van der Waals surface area contributed by atoms with Crippen LogP contribution in [-0.2, 0) is 10.0 Å². The fourth-order valence-corrected chi connectivity index (χ4v) is 3.06. The number of anilines is 2. The van der Waals surface area contributed by atoms with Crippen LogP contribution in [0.1, 0.15) is 12.5 Å². The van der Waals surface area contributed by atoms with Gasteiger partial charge in [-0.05, 0) is 37.6 Å². The Balaban J connectivity index is 2.39. The number of pyridine rings is 1. The zero-order valence-electron chi connectivity index (χ0n) is 11.4. The number of sulfonamides is 1. The highest BCUT2D eigenvalue weighted by atomic mass is 32.2. The van der Waals surface area contributed by atoms with Crippen molar-refractivity contribution < 1.29 is 8.42 Å². The van der Waals surface area contributed by atoms with Crippen molar-refractivity contribution in [2.45, 2.75) is 18.7 Å². The standard InChI is InChI=1S/C14H17N3O2S/c1-3-15-14-13(9-6-10-16-14)20(18,19)17-12-8-5-4-7-11(12)2/h4-10,17H,3H2,1-2H3,(H,15,16). The van der Waals surface area contributed by atoms with E-state index in [9.17, 15) is 8.42 Å². The number of hydrogen-bond acceptors (Lipinski definition) is 4. The summed E-state index contributed by atoms with van der Waals surface area (Å²) in [6.07, 6.45) is 1.56. The third-order valence-corrected chi connectivity index (χ3v) is 4.19. The maximum atomic E-state index is 12.5. The summed E-state index contributed by atoms with van der Waals surface area (Å²) < 4.78 is 27.5. The first kappa shape index (κ1) is 14.3. The van der Waals surface area contributed by atoms with Crippen LogP contribution in [0.3, 0.4) is 0 Å². The number of benzene rings is 1. The van der Waals surface area contributed by atoms with E-state index in [-0.39, 0.29) is 4.90 Å².